The zero-order valence-electron chi connectivity index (χ0n) is 33.3. The molecule has 1 atom stereocenters. The van der Waals surface area contributed by atoms with Crippen molar-refractivity contribution >= 4 is 35.6 Å². The van der Waals surface area contributed by atoms with Gasteiger partial charge in [0.25, 0.3) is 0 Å². The Morgan fingerprint density at radius 2 is 1.04 bits per heavy atom. The maximum absolute atomic E-state index is 5.82. The Morgan fingerprint density at radius 3 is 1.50 bits per heavy atom. The second-order valence-electron chi connectivity index (χ2n) is 19.5. The van der Waals surface area contributed by atoms with E-state index in [1.165, 1.54) is 52.8 Å². The van der Waals surface area contributed by atoms with Crippen LogP contribution in [0.4, 0.5) is 0 Å². The summed E-state index contributed by atoms with van der Waals surface area (Å²) in [5.41, 5.74) is 15.3. The molecule has 0 fully saturated rings. The molecule has 0 amide bonds. The molecular formula is C49H60Cl2Zr. The second kappa shape index (κ2) is 12.6. The first-order chi connectivity index (χ1) is 23.4. The van der Waals surface area contributed by atoms with E-state index in [9.17, 15) is 0 Å². The van der Waals surface area contributed by atoms with Gasteiger partial charge in [-0.05, 0) is 0 Å². The number of hydrogen-bond donors (Lipinski definition) is 0. The van der Waals surface area contributed by atoms with E-state index in [0.717, 1.165) is 19.3 Å². The molecule has 0 saturated heterocycles. The monoisotopic (exact) mass is 808 g/mol. The molecule has 52 heavy (non-hydrogen) atoms. The summed E-state index contributed by atoms with van der Waals surface area (Å²) in [5.74, 6) is 0. The van der Waals surface area contributed by atoms with Crippen molar-refractivity contribution in [1.29, 1.82) is 0 Å². The molecule has 0 aromatic heterocycles. The van der Waals surface area contributed by atoms with E-state index in [2.05, 4.69) is 160 Å². The van der Waals surface area contributed by atoms with E-state index in [0.29, 0.717) is 3.63 Å². The molecule has 274 valence electrons. The normalized spacial score (nSPS) is 21.4. The molecule has 0 spiro atoms. The second-order valence-corrected chi connectivity index (χ2v) is 33.2. The van der Waals surface area contributed by atoms with Gasteiger partial charge in [0, 0.05) is 0 Å². The standard InChI is InChI=1S/C29H37.2C7H7.C5H5.CH2.2ClH.Zr/c1-26(2)9-11-28(5,6)24-16-20-18(14-22(24)26)13-19-15-23-25(17-21(19)20)29(7,8)12-10-27(23,3)4;2*1-7-5-3-2-4-6-7;1-2-4-5-3-1;;;;/h9,14-17H,10-13H2,1-8H3;2*3-6H,1H3;1-3H,4H2;1H2;2*1H;. The first-order valence-electron chi connectivity index (χ1n) is 19.3. The van der Waals surface area contributed by atoms with Crippen LogP contribution in [0.2, 0.25) is 3.63 Å². The summed E-state index contributed by atoms with van der Waals surface area (Å²) in [6, 6.07) is 29.9. The van der Waals surface area contributed by atoms with Gasteiger partial charge in [0.2, 0.25) is 0 Å². The minimum atomic E-state index is -4.64. The fourth-order valence-corrected chi connectivity index (χ4v) is 30.9. The Bertz CT molecular complexity index is 2150. The predicted octanol–water partition coefficient (Wildman–Crippen LogP) is 12.4. The van der Waals surface area contributed by atoms with Gasteiger partial charge in [-0.25, -0.2) is 0 Å². The van der Waals surface area contributed by atoms with Crippen LogP contribution in [0.25, 0.3) is 11.1 Å². The third-order valence-corrected chi connectivity index (χ3v) is 33.4. The van der Waals surface area contributed by atoms with Gasteiger partial charge in [-0.1, -0.05) is 0 Å². The van der Waals surface area contributed by atoms with E-state index in [-0.39, 0.29) is 46.5 Å². The summed E-state index contributed by atoms with van der Waals surface area (Å²) in [7, 11) is 0. The predicted molar refractivity (Wildman–Crippen MR) is 229 cm³/mol. The number of aryl methyl sites for hydroxylation is 2. The molecule has 3 heteroatoms. The average molecular weight is 811 g/mol. The first kappa shape index (κ1) is 39.4. The van der Waals surface area contributed by atoms with Crippen molar-refractivity contribution in [3.8, 4) is 11.1 Å². The quantitative estimate of drug-likeness (QED) is 0.170. The van der Waals surface area contributed by atoms with Gasteiger partial charge in [0.1, 0.15) is 0 Å². The van der Waals surface area contributed by atoms with Crippen LogP contribution in [0.15, 0.2) is 94.3 Å². The van der Waals surface area contributed by atoms with Gasteiger partial charge in [-0.2, -0.15) is 0 Å². The Labute approximate surface area is 328 Å². The van der Waals surface area contributed by atoms with Gasteiger partial charge in [-0.15, -0.1) is 24.8 Å². The van der Waals surface area contributed by atoms with Crippen molar-refractivity contribution in [2.45, 2.75) is 127 Å². The van der Waals surface area contributed by atoms with Crippen molar-refractivity contribution < 1.29 is 18.3 Å². The van der Waals surface area contributed by atoms with Crippen LogP contribution in [0.3, 0.4) is 0 Å². The van der Waals surface area contributed by atoms with Crippen LogP contribution in [-0.2, 0) is 46.4 Å². The van der Waals surface area contributed by atoms with E-state index >= 15 is 0 Å². The number of fused-ring (bicyclic) bond motifs is 5. The first-order valence-corrected chi connectivity index (χ1v) is 26.1. The zero-order chi connectivity index (χ0) is 35.7. The average Bonchev–Trinajstić information content (AvgIpc) is 3.73. The molecule has 8 rings (SSSR count). The van der Waals surface area contributed by atoms with Gasteiger partial charge in [-0.3, -0.25) is 0 Å². The summed E-state index contributed by atoms with van der Waals surface area (Å²) in [6.45, 7) is 24.6. The molecule has 1 unspecified atom stereocenters. The zero-order valence-corrected chi connectivity index (χ0v) is 37.4. The molecule has 0 saturated carbocycles. The molecule has 4 aliphatic rings. The molecule has 0 N–H and O–H groups in total. The molecule has 0 nitrogen and oxygen atoms in total. The van der Waals surface area contributed by atoms with Crippen molar-refractivity contribution in [3.63, 3.8) is 0 Å². The minimum absolute atomic E-state index is 0. The third kappa shape index (κ3) is 5.41. The Morgan fingerprint density at radius 1 is 0.596 bits per heavy atom. The van der Waals surface area contributed by atoms with E-state index < -0.39 is 18.3 Å². The van der Waals surface area contributed by atoms with Gasteiger partial charge < -0.3 is 0 Å². The van der Waals surface area contributed by atoms with E-state index in [1.54, 1.807) is 25.5 Å². The number of hydrogen-bond acceptors (Lipinski definition) is 0. The van der Waals surface area contributed by atoms with Gasteiger partial charge >= 0.3 is 306 Å². The summed E-state index contributed by atoms with van der Waals surface area (Å²) in [4.78, 5) is 0. The van der Waals surface area contributed by atoms with E-state index in [1.807, 2.05) is 0 Å². The Kier molecular flexibility index (Phi) is 9.56. The molecule has 0 heterocycles. The molecule has 0 radical (unpaired) electrons. The maximum atomic E-state index is 5.82. The molecule has 4 aromatic carbocycles. The Balaban J connectivity index is 0.00000232. The van der Waals surface area contributed by atoms with E-state index in [4.69, 9.17) is 4.21 Å². The van der Waals surface area contributed by atoms with Crippen molar-refractivity contribution in [3.05, 3.63) is 139 Å². The van der Waals surface area contributed by atoms with Crippen LogP contribution in [0, 0.1) is 13.8 Å². The summed E-state index contributed by atoms with van der Waals surface area (Å²) < 4.78 is 10.9. The fraction of sp³-hybridized carbons (Fsp3) is 0.408. The molecule has 4 aromatic rings. The molecule has 0 bridgehead atoms. The van der Waals surface area contributed by atoms with Crippen molar-refractivity contribution in [1.82, 2.24) is 0 Å². The number of rotatable bonds is 4. The number of halogens is 2. The van der Waals surface area contributed by atoms with Crippen LogP contribution in [0.1, 0.15) is 126 Å². The number of benzene rings is 4. The molecular weight excluding hydrogens is 751 g/mol. The van der Waals surface area contributed by atoms with Crippen molar-refractivity contribution in [2.24, 2.45) is 0 Å². The van der Waals surface area contributed by atoms with Gasteiger partial charge in [0.05, 0.1) is 0 Å². The summed E-state index contributed by atoms with van der Waals surface area (Å²) in [5, 5.41) is 0. The molecule has 4 aliphatic carbocycles. The summed E-state index contributed by atoms with van der Waals surface area (Å²) in [6.07, 6.45) is 12.9. The summed E-state index contributed by atoms with van der Waals surface area (Å²) >= 11 is -4.64. The van der Waals surface area contributed by atoms with Crippen molar-refractivity contribution in [2.75, 3.05) is 0 Å². The topological polar surface area (TPSA) is 0 Å². The van der Waals surface area contributed by atoms with Crippen LogP contribution in [-0.4, -0.2) is 4.21 Å². The third-order valence-electron chi connectivity index (χ3n) is 14.7. The molecule has 0 aliphatic heterocycles. The fourth-order valence-electron chi connectivity index (χ4n) is 11.4. The SMILES string of the molecule is Cl.Cl.[CH2]=[Zr]([C]1=CC=CC1)([c]1ccc(C)cc1)([c]1ccc(C)cc1)[CH]1CC(C)(C)c2cc3c(cc2C1(C)C)Cc1cc2c(cc1-3)C(C)(C)CCC2(C)C. The van der Waals surface area contributed by atoms with Crippen LogP contribution in [0.5, 0.6) is 0 Å². The van der Waals surface area contributed by atoms with Gasteiger partial charge in [0.15, 0.2) is 0 Å². The Hall–Kier alpha value is -2.31. The van der Waals surface area contributed by atoms with Crippen LogP contribution < -0.4 is 6.54 Å². The number of allylic oxidation sites excluding steroid dienone is 4. The van der Waals surface area contributed by atoms with Crippen LogP contribution >= 0.6 is 24.8 Å².